The fourth-order valence-electron chi connectivity index (χ4n) is 1.30. The summed E-state index contributed by atoms with van der Waals surface area (Å²) in [4.78, 5) is 0. The zero-order valence-electron chi connectivity index (χ0n) is 10.1. The predicted molar refractivity (Wildman–Crippen MR) is 58.9 cm³/mol. The third-order valence-corrected chi connectivity index (χ3v) is 2.24. The van der Waals surface area contributed by atoms with E-state index in [0.717, 1.165) is 12.8 Å². The summed E-state index contributed by atoms with van der Waals surface area (Å²) in [6, 6.07) is 2.28. The first-order chi connectivity index (χ1) is 6.37. The van der Waals surface area contributed by atoms with Crippen LogP contribution in [0.4, 0.5) is 0 Å². The first-order valence-corrected chi connectivity index (χ1v) is 5.40. The Kier molecular flexibility index (Phi) is 5.79. The topological polar surface area (TPSA) is 33.0 Å². The van der Waals surface area contributed by atoms with Crippen LogP contribution in [-0.4, -0.2) is 12.7 Å². The first-order valence-electron chi connectivity index (χ1n) is 5.40. The number of hydrogen-bond donors (Lipinski definition) is 0. The first kappa shape index (κ1) is 13.4. The van der Waals surface area contributed by atoms with Crippen LogP contribution in [0.3, 0.4) is 0 Å². The maximum Gasteiger partial charge on any atom is 0.0684 e. The van der Waals surface area contributed by atoms with Crippen molar-refractivity contribution in [3.63, 3.8) is 0 Å². The number of rotatable bonds is 6. The van der Waals surface area contributed by atoms with Gasteiger partial charge in [-0.15, -0.1) is 0 Å². The van der Waals surface area contributed by atoms with E-state index in [1.807, 2.05) is 13.8 Å². The second-order valence-corrected chi connectivity index (χ2v) is 5.06. The van der Waals surface area contributed by atoms with Gasteiger partial charge in [0.15, 0.2) is 0 Å². The lowest BCUT2D eigenvalue weighted by molar-refractivity contribution is 0.0406. The summed E-state index contributed by atoms with van der Waals surface area (Å²) in [6.45, 7) is 11.1. The molecular weight excluding hydrogens is 174 g/mol. The van der Waals surface area contributed by atoms with Crippen LogP contribution >= 0.6 is 0 Å². The van der Waals surface area contributed by atoms with Crippen molar-refractivity contribution in [3.05, 3.63) is 0 Å². The van der Waals surface area contributed by atoms with Crippen LogP contribution in [0, 0.1) is 22.7 Å². The molecule has 0 aliphatic carbocycles. The van der Waals surface area contributed by atoms with Gasteiger partial charge in [-0.2, -0.15) is 5.26 Å². The Bertz CT molecular complexity index is 191. The van der Waals surface area contributed by atoms with E-state index < -0.39 is 0 Å². The number of nitriles is 1. The van der Waals surface area contributed by atoms with Crippen LogP contribution in [0.25, 0.3) is 0 Å². The van der Waals surface area contributed by atoms with Crippen molar-refractivity contribution in [2.45, 2.75) is 53.6 Å². The molecule has 82 valence electrons. The maximum atomic E-state index is 8.80. The van der Waals surface area contributed by atoms with Crippen molar-refractivity contribution in [3.8, 4) is 6.07 Å². The molecule has 0 amide bonds. The summed E-state index contributed by atoms with van der Waals surface area (Å²) in [5.74, 6) is 0.675. The van der Waals surface area contributed by atoms with Gasteiger partial charge >= 0.3 is 0 Å². The largest absolute Gasteiger partial charge is 0.378 e. The Morgan fingerprint density at radius 3 is 2.29 bits per heavy atom. The summed E-state index contributed by atoms with van der Waals surface area (Å²) >= 11 is 0. The number of hydrogen-bond acceptors (Lipinski definition) is 2. The van der Waals surface area contributed by atoms with E-state index in [1.165, 1.54) is 0 Å². The quantitative estimate of drug-likeness (QED) is 0.654. The molecule has 1 unspecified atom stereocenters. The average Bonchev–Trinajstić information content (AvgIpc) is 2.02. The van der Waals surface area contributed by atoms with Gasteiger partial charge in [-0.25, -0.2) is 0 Å². The van der Waals surface area contributed by atoms with Crippen LogP contribution in [-0.2, 0) is 4.74 Å². The minimum Gasteiger partial charge on any atom is -0.378 e. The fraction of sp³-hybridized carbons (Fsp3) is 0.917. The highest BCUT2D eigenvalue weighted by Crippen LogP contribution is 2.19. The molecule has 0 aromatic rings. The van der Waals surface area contributed by atoms with Crippen LogP contribution in [0.1, 0.15) is 47.5 Å². The zero-order chi connectivity index (χ0) is 11.2. The molecule has 0 heterocycles. The zero-order valence-corrected chi connectivity index (χ0v) is 10.1. The monoisotopic (exact) mass is 197 g/mol. The lowest BCUT2D eigenvalue weighted by Gasteiger charge is -2.19. The minimum atomic E-state index is -0.252. The molecule has 0 fully saturated rings. The molecule has 0 saturated carbocycles. The van der Waals surface area contributed by atoms with E-state index in [2.05, 4.69) is 26.8 Å². The second-order valence-electron chi connectivity index (χ2n) is 5.06. The molecule has 2 heteroatoms. The lowest BCUT2D eigenvalue weighted by Crippen LogP contribution is -2.17. The SMILES string of the molecule is CC(C)CC(C)OCCC(C)(C)C#N. The maximum absolute atomic E-state index is 8.80. The van der Waals surface area contributed by atoms with Crippen molar-refractivity contribution in [1.82, 2.24) is 0 Å². The van der Waals surface area contributed by atoms with Gasteiger partial charge in [-0.1, -0.05) is 13.8 Å². The molecule has 0 radical (unpaired) electrons. The van der Waals surface area contributed by atoms with Gasteiger partial charge in [-0.05, 0) is 39.5 Å². The van der Waals surface area contributed by atoms with Gasteiger partial charge in [0.2, 0.25) is 0 Å². The molecule has 0 rings (SSSR count). The Hall–Kier alpha value is -0.550. The van der Waals surface area contributed by atoms with E-state index in [0.29, 0.717) is 18.6 Å². The molecule has 0 saturated heterocycles. The molecule has 14 heavy (non-hydrogen) atoms. The third kappa shape index (κ3) is 6.91. The molecule has 0 aliphatic rings. The smallest absolute Gasteiger partial charge is 0.0684 e. The van der Waals surface area contributed by atoms with Gasteiger partial charge in [0.1, 0.15) is 0 Å². The molecule has 0 N–H and O–H groups in total. The van der Waals surface area contributed by atoms with E-state index in [1.54, 1.807) is 0 Å². The van der Waals surface area contributed by atoms with Gasteiger partial charge in [0, 0.05) is 6.61 Å². The van der Waals surface area contributed by atoms with Gasteiger partial charge in [-0.3, -0.25) is 0 Å². The molecule has 0 spiro atoms. The summed E-state index contributed by atoms with van der Waals surface area (Å²) in [5, 5.41) is 8.80. The van der Waals surface area contributed by atoms with Crippen molar-refractivity contribution in [2.75, 3.05) is 6.61 Å². The summed E-state index contributed by atoms with van der Waals surface area (Å²) in [6.07, 6.45) is 2.21. The van der Waals surface area contributed by atoms with Gasteiger partial charge in [0.05, 0.1) is 17.6 Å². The lowest BCUT2D eigenvalue weighted by atomic mass is 9.92. The summed E-state index contributed by atoms with van der Waals surface area (Å²) in [5.41, 5.74) is -0.252. The Morgan fingerprint density at radius 1 is 1.29 bits per heavy atom. The molecular formula is C12H23NO. The fourth-order valence-corrected chi connectivity index (χ4v) is 1.30. The Morgan fingerprint density at radius 2 is 1.86 bits per heavy atom. The van der Waals surface area contributed by atoms with E-state index in [4.69, 9.17) is 10.00 Å². The van der Waals surface area contributed by atoms with Crippen LogP contribution in [0.15, 0.2) is 0 Å². The highest BCUT2D eigenvalue weighted by molar-refractivity contribution is 4.91. The van der Waals surface area contributed by atoms with Gasteiger partial charge in [0.25, 0.3) is 0 Å². The van der Waals surface area contributed by atoms with Crippen LogP contribution in [0.5, 0.6) is 0 Å². The van der Waals surface area contributed by atoms with Crippen molar-refractivity contribution in [2.24, 2.45) is 11.3 Å². The van der Waals surface area contributed by atoms with E-state index in [-0.39, 0.29) is 5.41 Å². The molecule has 2 nitrogen and oxygen atoms in total. The predicted octanol–water partition coefficient (Wildman–Crippen LogP) is 3.38. The number of nitrogens with zero attached hydrogens (tertiary/aromatic N) is 1. The third-order valence-electron chi connectivity index (χ3n) is 2.24. The second kappa shape index (κ2) is 6.03. The standard InChI is InChI=1S/C12H23NO/c1-10(2)8-11(3)14-7-6-12(4,5)9-13/h10-11H,6-8H2,1-5H3. The van der Waals surface area contributed by atoms with Crippen LogP contribution in [0.2, 0.25) is 0 Å². The average molecular weight is 197 g/mol. The summed E-state index contributed by atoms with van der Waals surface area (Å²) < 4.78 is 5.64. The molecule has 0 aromatic carbocycles. The van der Waals surface area contributed by atoms with Gasteiger partial charge < -0.3 is 4.74 Å². The van der Waals surface area contributed by atoms with Crippen molar-refractivity contribution < 1.29 is 4.74 Å². The van der Waals surface area contributed by atoms with Crippen LogP contribution < -0.4 is 0 Å². The normalized spacial score (nSPS) is 14.1. The molecule has 1 atom stereocenters. The van der Waals surface area contributed by atoms with Crippen molar-refractivity contribution >= 4 is 0 Å². The Labute approximate surface area is 88.3 Å². The Balaban J connectivity index is 3.60. The van der Waals surface area contributed by atoms with E-state index in [9.17, 15) is 0 Å². The summed E-state index contributed by atoms with van der Waals surface area (Å²) in [7, 11) is 0. The molecule has 0 aliphatic heterocycles. The van der Waals surface area contributed by atoms with Crippen molar-refractivity contribution in [1.29, 1.82) is 5.26 Å². The van der Waals surface area contributed by atoms with E-state index >= 15 is 0 Å². The number of ether oxygens (including phenoxy) is 1. The molecule has 0 aromatic heterocycles. The molecule has 0 bridgehead atoms. The highest BCUT2D eigenvalue weighted by Gasteiger charge is 2.16. The minimum absolute atomic E-state index is 0.252. The highest BCUT2D eigenvalue weighted by atomic mass is 16.5.